The highest BCUT2D eigenvalue weighted by Gasteiger charge is 2.10. The Morgan fingerprint density at radius 1 is 1.08 bits per heavy atom. The summed E-state index contributed by atoms with van der Waals surface area (Å²) in [4.78, 5) is 0. The molecule has 7 nitrogen and oxygen atoms in total. The third kappa shape index (κ3) is 2.74. The molecule has 0 saturated heterocycles. The molecule has 1 N–H and O–H groups in total. The van der Waals surface area contributed by atoms with Crippen LogP contribution in [-0.4, -0.2) is 36.1 Å². The zero-order chi connectivity index (χ0) is 16.4. The van der Waals surface area contributed by atoms with Crippen molar-refractivity contribution in [1.29, 1.82) is 0 Å². The number of aromatic nitrogens is 6. The van der Waals surface area contributed by atoms with Crippen molar-refractivity contribution in [2.75, 3.05) is 0 Å². The van der Waals surface area contributed by atoms with E-state index in [0.717, 1.165) is 16.6 Å². The van der Waals surface area contributed by atoms with E-state index < -0.39 is 0 Å². The number of rotatable bonds is 4. The Hall–Kier alpha value is -3.13. The van der Waals surface area contributed by atoms with Gasteiger partial charge in [-0.25, -0.2) is 4.68 Å². The summed E-state index contributed by atoms with van der Waals surface area (Å²) in [6.07, 6.45) is 1.74. The van der Waals surface area contributed by atoms with Gasteiger partial charge in [-0.15, -0.1) is 5.10 Å². The van der Waals surface area contributed by atoms with Crippen molar-refractivity contribution < 1.29 is 0 Å². The molecule has 4 rings (SSSR count). The Labute approximate surface area is 142 Å². The maximum Gasteiger partial charge on any atom is 0.216 e. The van der Waals surface area contributed by atoms with E-state index >= 15 is 0 Å². The summed E-state index contributed by atoms with van der Waals surface area (Å²) in [6, 6.07) is 17.6. The van der Waals surface area contributed by atoms with Crippen LogP contribution in [0.15, 0.2) is 59.7 Å². The van der Waals surface area contributed by atoms with Crippen molar-refractivity contribution in [3.05, 3.63) is 70.8 Å². The number of hydrogen-bond donors (Lipinski definition) is 1. The molecular weight excluding hydrogens is 322 g/mol. The quantitative estimate of drug-likeness (QED) is 0.459. The molecule has 0 spiro atoms. The van der Waals surface area contributed by atoms with Gasteiger partial charge in [0.05, 0.1) is 11.7 Å². The van der Waals surface area contributed by atoms with Crippen LogP contribution >= 0.6 is 12.2 Å². The summed E-state index contributed by atoms with van der Waals surface area (Å²) in [6.45, 7) is 0.416. The molecule has 2 heterocycles. The summed E-state index contributed by atoms with van der Waals surface area (Å²) in [5.41, 5.74) is 2.76. The fourth-order valence-electron chi connectivity index (χ4n) is 2.38. The first-order valence-corrected chi connectivity index (χ1v) is 7.76. The zero-order valence-corrected chi connectivity index (χ0v) is 13.4. The van der Waals surface area contributed by atoms with E-state index in [1.54, 1.807) is 15.6 Å². The number of fused-ring (bicyclic) bond motifs is 1. The second-order valence-corrected chi connectivity index (χ2v) is 5.53. The molecule has 0 aliphatic carbocycles. The van der Waals surface area contributed by atoms with Gasteiger partial charge < -0.3 is 0 Å². The number of aromatic amines is 1. The van der Waals surface area contributed by atoms with Gasteiger partial charge >= 0.3 is 0 Å². The average molecular weight is 335 g/mol. The molecule has 0 aliphatic heterocycles. The lowest BCUT2D eigenvalue weighted by Gasteiger charge is -2.02. The van der Waals surface area contributed by atoms with E-state index in [1.165, 1.54) is 0 Å². The predicted molar refractivity (Wildman–Crippen MR) is 93.5 cm³/mol. The van der Waals surface area contributed by atoms with Crippen molar-refractivity contribution in [3.63, 3.8) is 0 Å². The Kier molecular flexibility index (Phi) is 3.72. The van der Waals surface area contributed by atoms with Crippen molar-refractivity contribution in [3.8, 4) is 0 Å². The van der Waals surface area contributed by atoms with Crippen LogP contribution in [0.25, 0.3) is 11.0 Å². The van der Waals surface area contributed by atoms with E-state index in [1.807, 2.05) is 54.6 Å². The van der Waals surface area contributed by atoms with Crippen LogP contribution in [0.4, 0.5) is 0 Å². The number of nitrogens with zero attached hydrogens (tertiary/aromatic N) is 6. The number of benzene rings is 2. The number of hydrogen-bond acceptors (Lipinski definition) is 5. The van der Waals surface area contributed by atoms with E-state index in [-0.39, 0.29) is 0 Å². The van der Waals surface area contributed by atoms with Gasteiger partial charge in [-0.2, -0.15) is 14.9 Å². The molecule has 0 fully saturated rings. The van der Waals surface area contributed by atoms with Crippen LogP contribution in [0.3, 0.4) is 0 Å². The summed E-state index contributed by atoms with van der Waals surface area (Å²) < 4.78 is 3.80. The Morgan fingerprint density at radius 2 is 1.88 bits per heavy atom. The lowest BCUT2D eigenvalue weighted by atomic mass is 10.2. The first kappa shape index (κ1) is 14.5. The second kappa shape index (κ2) is 6.17. The van der Waals surface area contributed by atoms with E-state index in [0.29, 0.717) is 17.1 Å². The van der Waals surface area contributed by atoms with Gasteiger partial charge in [0.1, 0.15) is 12.1 Å². The molecule has 118 valence electrons. The highest BCUT2D eigenvalue weighted by Crippen LogP contribution is 2.11. The normalized spacial score (nSPS) is 11.5. The first-order valence-electron chi connectivity index (χ1n) is 7.35. The molecule has 24 heavy (non-hydrogen) atoms. The first-order chi connectivity index (χ1) is 11.8. The maximum atomic E-state index is 5.27. The monoisotopic (exact) mass is 335 g/mol. The molecule has 0 amide bonds. The van der Waals surface area contributed by atoms with Crippen molar-refractivity contribution in [1.82, 2.24) is 29.9 Å². The molecule has 2 aromatic carbocycles. The zero-order valence-electron chi connectivity index (χ0n) is 12.6. The van der Waals surface area contributed by atoms with E-state index in [9.17, 15) is 0 Å². The van der Waals surface area contributed by atoms with E-state index in [2.05, 4.69) is 25.6 Å². The molecule has 0 unspecified atom stereocenters. The molecule has 4 aromatic rings. The van der Waals surface area contributed by atoms with Gasteiger partial charge in [0.15, 0.2) is 5.82 Å². The van der Waals surface area contributed by atoms with Crippen molar-refractivity contribution in [2.45, 2.75) is 6.54 Å². The molecular formula is C16H13N7S. The molecule has 0 atom stereocenters. The number of H-pyrrole nitrogens is 1. The highest BCUT2D eigenvalue weighted by atomic mass is 32.1. The third-order valence-electron chi connectivity index (χ3n) is 3.55. The highest BCUT2D eigenvalue weighted by molar-refractivity contribution is 7.71. The fourth-order valence-corrected chi connectivity index (χ4v) is 2.58. The Bertz CT molecular complexity index is 1060. The van der Waals surface area contributed by atoms with Crippen molar-refractivity contribution in [2.24, 2.45) is 5.10 Å². The van der Waals surface area contributed by atoms with Crippen LogP contribution in [-0.2, 0) is 6.54 Å². The average Bonchev–Trinajstić information content (AvgIpc) is 3.19. The van der Waals surface area contributed by atoms with Crippen LogP contribution in [0.5, 0.6) is 0 Å². The largest absolute Gasteiger partial charge is 0.250 e. The van der Waals surface area contributed by atoms with Gasteiger partial charge in [-0.05, 0) is 29.9 Å². The smallest absolute Gasteiger partial charge is 0.216 e. The minimum atomic E-state index is 0.416. The van der Waals surface area contributed by atoms with Crippen LogP contribution in [0.2, 0.25) is 0 Å². The summed E-state index contributed by atoms with van der Waals surface area (Å²) in [7, 11) is 0. The minimum Gasteiger partial charge on any atom is -0.250 e. The van der Waals surface area contributed by atoms with Crippen LogP contribution < -0.4 is 0 Å². The molecule has 0 bridgehead atoms. The third-order valence-corrected chi connectivity index (χ3v) is 3.81. The van der Waals surface area contributed by atoms with E-state index in [4.69, 9.17) is 12.2 Å². The van der Waals surface area contributed by atoms with Crippen molar-refractivity contribution >= 4 is 29.5 Å². The Balaban J connectivity index is 1.67. The minimum absolute atomic E-state index is 0.416. The number of para-hydroxylation sites is 1. The molecule has 2 aromatic heterocycles. The lowest BCUT2D eigenvalue weighted by Crippen LogP contribution is -2.08. The van der Waals surface area contributed by atoms with Gasteiger partial charge in [0.25, 0.3) is 0 Å². The number of nitrogens with one attached hydrogen (secondary N) is 1. The SMILES string of the molecule is S=c1[nH]nc(Cn2nnc3ccccc32)n1/N=C\c1ccccc1. The van der Waals surface area contributed by atoms with Crippen LogP contribution in [0, 0.1) is 4.77 Å². The van der Waals surface area contributed by atoms with Gasteiger partial charge in [-0.1, -0.05) is 47.7 Å². The summed E-state index contributed by atoms with van der Waals surface area (Å²) in [5, 5.41) is 19.8. The van der Waals surface area contributed by atoms with Gasteiger partial charge in [-0.3, -0.25) is 5.10 Å². The topological polar surface area (TPSA) is 76.7 Å². The summed E-state index contributed by atoms with van der Waals surface area (Å²) >= 11 is 5.27. The molecule has 8 heteroatoms. The van der Waals surface area contributed by atoms with Gasteiger partial charge in [0, 0.05) is 0 Å². The van der Waals surface area contributed by atoms with Gasteiger partial charge in [0.2, 0.25) is 4.77 Å². The second-order valence-electron chi connectivity index (χ2n) is 5.15. The lowest BCUT2D eigenvalue weighted by molar-refractivity contribution is 0.617. The van der Waals surface area contributed by atoms with Crippen LogP contribution in [0.1, 0.15) is 11.4 Å². The fraction of sp³-hybridized carbons (Fsp3) is 0.0625. The Morgan fingerprint density at radius 3 is 2.75 bits per heavy atom. The maximum absolute atomic E-state index is 5.27. The molecule has 0 saturated carbocycles. The summed E-state index contributed by atoms with van der Waals surface area (Å²) in [5.74, 6) is 0.655. The predicted octanol–water partition coefficient (Wildman–Crippen LogP) is 2.62. The molecule has 0 aliphatic rings. The molecule has 0 radical (unpaired) electrons. The standard InChI is InChI=1S/C16H13N7S/c24-16-20-19-15(23(16)17-10-12-6-2-1-3-7-12)11-22-14-9-5-4-8-13(14)18-21-22/h1-10H,11H2,(H,20,24)/b17-10-.